The molecule has 120 valence electrons. The first kappa shape index (κ1) is 19.6. The number of rotatable bonds is 5. The van der Waals surface area contributed by atoms with Crippen molar-refractivity contribution in [3.05, 3.63) is 29.8 Å². The summed E-state index contributed by atoms with van der Waals surface area (Å²) in [7, 11) is 0. The second kappa shape index (κ2) is 8.17. The van der Waals surface area contributed by atoms with Crippen LogP contribution in [0.2, 0.25) is 0 Å². The Morgan fingerprint density at radius 3 is 2.43 bits per heavy atom. The lowest BCUT2D eigenvalue weighted by atomic mass is 10.0. The molecular formula is C14H20F3NO2S. The van der Waals surface area contributed by atoms with Gasteiger partial charge in [0.1, 0.15) is 5.75 Å². The average molecular weight is 323 g/mol. The molecule has 0 radical (unpaired) electrons. The molecule has 0 aliphatic carbocycles. The number of amides is 1. The van der Waals surface area contributed by atoms with E-state index in [4.69, 9.17) is 0 Å². The maximum absolute atomic E-state index is 12.1. The Labute approximate surface area is 129 Å². The summed E-state index contributed by atoms with van der Waals surface area (Å²) < 4.78 is 40.1. The smallest absolute Gasteiger partial charge is 0.406 e. The van der Waals surface area contributed by atoms with Crippen molar-refractivity contribution in [1.29, 1.82) is 0 Å². The fraction of sp³-hybridized carbons (Fsp3) is 0.500. The van der Waals surface area contributed by atoms with Crippen molar-refractivity contribution in [1.82, 2.24) is 5.32 Å². The number of ether oxygens (including phenoxy) is 1. The lowest BCUT2D eigenvalue weighted by Gasteiger charge is -2.16. The van der Waals surface area contributed by atoms with Gasteiger partial charge in [0.25, 0.3) is 5.91 Å². The van der Waals surface area contributed by atoms with Crippen LogP contribution in [-0.2, 0) is 0 Å². The first-order chi connectivity index (χ1) is 9.17. The van der Waals surface area contributed by atoms with Crippen molar-refractivity contribution in [3.63, 3.8) is 0 Å². The van der Waals surface area contributed by atoms with E-state index in [0.717, 1.165) is 18.6 Å². The third kappa shape index (κ3) is 7.84. The van der Waals surface area contributed by atoms with Gasteiger partial charge >= 0.3 is 6.36 Å². The number of hydrogen-bond donors (Lipinski definition) is 1. The van der Waals surface area contributed by atoms with Crippen molar-refractivity contribution in [2.24, 2.45) is 5.92 Å². The van der Waals surface area contributed by atoms with Gasteiger partial charge in [-0.05, 0) is 37.5 Å². The summed E-state index contributed by atoms with van der Waals surface area (Å²) in [6, 6.07) is 4.98. The van der Waals surface area contributed by atoms with Gasteiger partial charge in [0.05, 0.1) is 0 Å². The summed E-state index contributed by atoms with van der Waals surface area (Å²) in [5.41, 5.74) is 0.141. The predicted octanol–water partition coefficient (Wildman–Crippen LogP) is 3.86. The molecule has 0 aliphatic rings. The molecule has 0 bridgehead atoms. The van der Waals surface area contributed by atoms with Crippen LogP contribution in [0.1, 0.15) is 37.6 Å². The first-order valence-electron chi connectivity index (χ1n) is 6.34. The number of hydrogen-bond acceptors (Lipinski definition) is 2. The van der Waals surface area contributed by atoms with E-state index in [0.29, 0.717) is 5.92 Å². The zero-order valence-electron chi connectivity index (χ0n) is 12.1. The zero-order valence-corrected chi connectivity index (χ0v) is 13.1. The molecule has 21 heavy (non-hydrogen) atoms. The van der Waals surface area contributed by atoms with E-state index in [2.05, 4.69) is 10.1 Å². The van der Waals surface area contributed by atoms with E-state index in [1.165, 1.54) is 12.1 Å². The molecule has 0 saturated heterocycles. The van der Waals surface area contributed by atoms with Crippen LogP contribution < -0.4 is 10.1 Å². The fourth-order valence-corrected chi connectivity index (χ4v) is 1.91. The Morgan fingerprint density at radius 1 is 1.29 bits per heavy atom. The second-order valence-corrected chi connectivity index (χ2v) is 5.08. The molecule has 1 rings (SSSR count). The molecule has 0 unspecified atom stereocenters. The van der Waals surface area contributed by atoms with Gasteiger partial charge in [-0.3, -0.25) is 4.79 Å². The maximum atomic E-state index is 12.1. The SMILES string of the molecule is CC(C)C[C@H](C)NC(=O)c1cccc(OC(F)(F)F)c1.S. The van der Waals surface area contributed by atoms with Gasteiger partial charge in [0.15, 0.2) is 0 Å². The fourth-order valence-electron chi connectivity index (χ4n) is 1.91. The molecule has 7 heteroatoms. The Balaban J connectivity index is 0.00000400. The standard InChI is InChI=1S/C14H18F3NO2.H2S/c1-9(2)7-10(3)18-13(19)11-5-4-6-12(8-11)20-14(15,16)17;/h4-6,8-10H,7H2,1-3H3,(H,18,19);1H2/t10-;/m0./s1. The minimum atomic E-state index is -4.76. The van der Waals surface area contributed by atoms with Crippen molar-refractivity contribution >= 4 is 19.4 Å². The topological polar surface area (TPSA) is 38.3 Å². The molecule has 0 saturated carbocycles. The average Bonchev–Trinajstić information content (AvgIpc) is 2.25. The molecule has 1 aromatic rings. The molecule has 1 amide bonds. The molecule has 0 aliphatic heterocycles. The molecule has 3 nitrogen and oxygen atoms in total. The normalized spacial score (nSPS) is 12.5. The van der Waals surface area contributed by atoms with E-state index >= 15 is 0 Å². The van der Waals surface area contributed by atoms with Gasteiger partial charge in [0.2, 0.25) is 0 Å². The summed E-state index contributed by atoms with van der Waals surface area (Å²) in [6.45, 7) is 5.91. The summed E-state index contributed by atoms with van der Waals surface area (Å²) in [5, 5.41) is 2.74. The summed E-state index contributed by atoms with van der Waals surface area (Å²) in [4.78, 5) is 11.9. The van der Waals surface area contributed by atoms with Crippen molar-refractivity contribution in [2.45, 2.75) is 39.6 Å². The highest BCUT2D eigenvalue weighted by molar-refractivity contribution is 7.59. The molecular weight excluding hydrogens is 303 g/mol. The van der Waals surface area contributed by atoms with Gasteiger partial charge in [-0.1, -0.05) is 19.9 Å². The van der Waals surface area contributed by atoms with Crippen LogP contribution in [-0.4, -0.2) is 18.3 Å². The first-order valence-corrected chi connectivity index (χ1v) is 6.34. The largest absolute Gasteiger partial charge is 0.573 e. The van der Waals surface area contributed by atoms with E-state index in [9.17, 15) is 18.0 Å². The van der Waals surface area contributed by atoms with Crippen LogP contribution in [0.15, 0.2) is 24.3 Å². The van der Waals surface area contributed by atoms with Crippen LogP contribution in [0.25, 0.3) is 0 Å². The summed E-state index contributed by atoms with van der Waals surface area (Å²) >= 11 is 0. The lowest BCUT2D eigenvalue weighted by Crippen LogP contribution is -2.33. The van der Waals surface area contributed by atoms with E-state index in [1.54, 1.807) is 0 Å². The number of carbonyl (C=O) groups excluding carboxylic acids is 1. The van der Waals surface area contributed by atoms with Gasteiger partial charge in [-0.25, -0.2) is 0 Å². The zero-order chi connectivity index (χ0) is 15.3. The molecule has 0 fully saturated rings. The van der Waals surface area contributed by atoms with Crippen LogP contribution in [0.4, 0.5) is 13.2 Å². The highest BCUT2D eigenvalue weighted by Gasteiger charge is 2.31. The number of nitrogens with one attached hydrogen (secondary N) is 1. The monoisotopic (exact) mass is 323 g/mol. The molecule has 1 N–H and O–H groups in total. The van der Waals surface area contributed by atoms with Gasteiger partial charge in [-0.2, -0.15) is 13.5 Å². The maximum Gasteiger partial charge on any atom is 0.573 e. The van der Waals surface area contributed by atoms with Crippen molar-refractivity contribution in [3.8, 4) is 5.75 Å². The van der Waals surface area contributed by atoms with Crippen LogP contribution in [0.5, 0.6) is 5.75 Å². The number of benzene rings is 1. The number of carbonyl (C=O) groups is 1. The van der Waals surface area contributed by atoms with Crippen LogP contribution in [0.3, 0.4) is 0 Å². The van der Waals surface area contributed by atoms with Gasteiger partial charge in [-0.15, -0.1) is 13.2 Å². The third-order valence-electron chi connectivity index (χ3n) is 2.53. The number of halogens is 3. The summed E-state index contributed by atoms with van der Waals surface area (Å²) in [5.74, 6) is -0.391. The van der Waals surface area contributed by atoms with E-state index in [1.807, 2.05) is 20.8 Å². The van der Waals surface area contributed by atoms with Crippen molar-refractivity contribution in [2.75, 3.05) is 0 Å². The van der Waals surface area contributed by atoms with E-state index in [-0.39, 0.29) is 25.1 Å². The van der Waals surface area contributed by atoms with Gasteiger partial charge < -0.3 is 10.1 Å². The highest BCUT2D eigenvalue weighted by Crippen LogP contribution is 2.23. The lowest BCUT2D eigenvalue weighted by molar-refractivity contribution is -0.274. The molecule has 1 aromatic carbocycles. The minimum absolute atomic E-state index is 0. The van der Waals surface area contributed by atoms with Crippen LogP contribution in [0, 0.1) is 5.92 Å². The molecule has 0 spiro atoms. The Bertz CT molecular complexity index is 464. The van der Waals surface area contributed by atoms with Crippen LogP contribution >= 0.6 is 13.5 Å². The molecule has 0 aromatic heterocycles. The Hall–Kier alpha value is -1.37. The molecule has 1 atom stereocenters. The highest BCUT2D eigenvalue weighted by atomic mass is 32.1. The Kier molecular flexibility index (Phi) is 7.63. The molecule has 0 heterocycles. The second-order valence-electron chi connectivity index (χ2n) is 5.08. The Morgan fingerprint density at radius 2 is 1.90 bits per heavy atom. The number of alkyl halides is 3. The van der Waals surface area contributed by atoms with Gasteiger partial charge in [0, 0.05) is 11.6 Å². The van der Waals surface area contributed by atoms with E-state index < -0.39 is 18.0 Å². The quantitative estimate of drug-likeness (QED) is 0.893. The minimum Gasteiger partial charge on any atom is -0.406 e. The third-order valence-corrected chi connectivity index (χ3v) is 2.53. The summed E-state index contributed by atoms with van der Waals surface area (Å²) in [6.07, 6.45) is -3.97. The predicted molar refractivity (Wildman–Crippen MR) is 79.9 cm³/mol. The van der Waals surface area contributed by atoms with Crippen molar-refractivity contribution < 1.29 is 22.7 Å².